The highest BCUT2D eigenvalue weighted by Crippen LogP contribution is 2.29. The van der Waals surface area contributed by atoms with Gasteiger partial charge < -0.3 is 10.4 Å². The van der Waals surface area contributed by atoms with E-state index in [0.29, 0.717) is 5.92 Å². The molecule has 1 heterocycles. The molecule has 1 aromatic heterocycles. The lowest BCUT2D eigenvalue weighted by Gasteiger charge is -2.19. The Morgan fingerprint density at radius 2 is 2.12 bits per heavy atom. The van der Waals surface area contributed by atoms with Crippen LogP contribution in [0.2, 0.25) is 0 Å². The van der Waals surface area contributed by atoms with Crippen LogP contribution in [-0.2, 0) is 19.4 Å². The average Bonchev–Trinajstić information content (AvgIpc) is 2.96. The molecule has 0 radical (unpaired) electrons. The summed E-state index contributed by atoms with van der Waals surface area (Å²) in [6.07, 6.45) is 4.10. The van der Waals surface area contributed by atoms with Gasteiger partial charge in [-0.2, -0.15) is 0 Å². The standard InChI is InChI=1S/C20H28N2OS/c1-14-8-9-18-19(10-14)24-20(22-18)13-21-12-17(11-15(2)23)16-6-4-3-5-7-16/h3-7,14-15,17,21,23H,8-13H2,1-2H3. The maximum Gasteiger partial charge on any atom is 0.107 e. The second-order valence-corrected chi connectivity index (χ2v) is 8.32. The molecule has 0 spiro atoms. The number of hydrogen-bond acceptors (Lipinski definition) is 4. The quantitative estimate of drug-likeness (QED) is 0.800. The molecule has 3 unspecified atom stereocenters. The third kappa shape index (κ3) is 4.65. The van der Waals surface area contributed by atoms with E-state index >= 15 is 0 Å². The smallest absolute Gasteiger partial charge is 0.107 e. The second-order valence-electron chi connectivity index (χ2n) is 7.15. The third-order valence-corrected chi connectivity index (χ3v) is 5.91. The first-order chi connectivity index (χ1) is 11.6. The van der Waals surface area contributed by atoms with Gasteiger partial charge in [-0.25, -0.2) is 4.98 Å². The first-order valence-corrected chi connectivity index (χ1v) is 9.84. The van der Waals surface area contributed by atoms with Gasteiger partial charge in [-0.05, 0) is 50.0 Å². The molecule has 3 atom stereocenters. The average molecular weight is 345 g/mol. The van der Waals surface area contributed by atoms with Crippen LogP contribution in [0.1, 0.15) is 53.7 Å². The Bertz CT molecular complexity index is 638. The minimum absolute atomic E-state index is 0.286. The van der Waals surface area contributed by atoms with Gasteiger partial charge in [0.1, 0.15) is 5.01 Å². The van der Waals surface area contributed by atoms with E-state index in [-0.39, 0.29) is 6.10 Å². The number of hydrogen-bond donors (Lipinski definition) is 2. The van der Waals surface area contributed by atoms with E-state index in [2.05, 4.69) is 36.5 Å². The van der Waals surface area contributed by atoms with E-state index < -0.39 is 0 Å². The summed E-state index contributed by atoms with van der Waals surface area (Å²) in [5, 5.41) is 14.6. The summed E-state index contributed by atoms with van der Waals surface area (Å²) >= 11 is 1.88. The zero-order valence-electron chi connectivity index (χ0n) is 14.7. The first-order valence-electron chi connectivity index (χ1n) is 9.03. The molecule has 130 valence electrons. The van der Waals surface area contributed by atoms with Crippen LogP contribution in [0.25, 0.3) is 0 Å². The van der Waals surface area contributed by atoms with E-state index in [0.717, 1.165) is 31.8 Å². The van der Waals surface area contributed by atoms with Gasteiger partial charge in [0.15, 0.2) is 0 Å². The van der Waals surface area contributed by atoms with E-state index in [1.807, 2.05) is 24.3 Å². The van der Waals surface area contributed by atoms with Gasteiger partial charge in [-0.3, -0.25) is 0 Å². The Morgan fingerprint density at radius 1 is 1.33 bits per heavy atom. The topological polar surface area (TPSA) is 45.1 Å². The fourth-order valence-electron chi connectivity index (χ4n) is 3.50. The van der Waals surface area contributed by atoms with Crippen molar-refractivity contribution in [2.24, 2.45) is 5.92 Å². The first kappa shape index (κ1) is 17.6. The van der Waals surface area contributed by atoms with Crippen molar-refractivity contribution in [2.75, 3.05) is 6.54 Å². The van der Waals surface area contributed by atoms with Gasteiger partial charge in [0.25, 0.3) is 0 Å². The molecule has 3 nitrogen and oxygen atoms in total. The number of nitrogens with one attached hydrogen (secondary N) is 1. The maximum atomic E-state index is 9.80. The summed E-state index contributed by atoms with van der Waals surface area (Å²) in [4.78, 5) is 6.32. The van der Waals surface area contributed by atoms with Crippen molar-refractivity contribution in [3.8, 4) is 0 Å². The largest absolute Gasteiger partial charge is 0.393 e. The van der Waals surface area contributed by atoms with Gasteiger partial charge in [0.05, 0.1) is 11.8 Å². The Hall–Kier alpha value is -1.23. The van der Waals surface area contributed by atoms with Crippen LogP contribution >= 0.6 is 11.3 Å². The Morgan fingerprint density at radius 3 is 2.88 bits per heavy atom. The lowest BCUT2D eigenvalue weighted by Crippen LogP contribution is -2.23. The normalized spacial score (nSPS) is 19.7. The summed E-state index contributed by atoms with van der Waals surface area (Å²) in [7, 11) is 0. The minimum atomic E-state index is -0.286. The number of aliphatic hydroxyl groups excluding tert-OH is 1. The zero-order valence-corrected chi connectivity index (χ0v) is 15.5. The molecule has 0 fully saturated rings. The predicted molar refractivity (Wildman–Crippen MR) is 100 cm³/mol. The Balaban J connectivity index is 1.57. The molecule has 0 bridgehead atoms. The monoisotopic (exact) mass is 344 g/mol. The number of aromatic nitrogens is 1. The van der Waals surface area contributed by atoms with Crippen LogP contribution in [0.3, 0.4) is 0 Å². The summed E-state index contributed by atoms with van der Waals surface area (Å²) < 4.78 is 0. The number of thiazole rings is 1. The van der Waals surface area contributed by atoms with Crippen molar-refractivity contribution in [2.45, 2.75) is 58.1 Å². The van der Waals surface area contributed by atoms with E-state index in [1.54, 1.807) is 0 Å². The van der Waals surface area contributed by atoms with Crippen molar-refractivity contribution in [1.29, 1.82) is 0 Å². The molecule has 2 aromatic rings. The Kier molecular flexibility index (Phi) is 6.04. The molecular weight excluding hydrogens is 316 g/mol. The van der Waals surface area contributed by atoms with Gasteiger partial charge in [0, 0.05) is 18.0 Å². The third-order valence-electron chi connectivity index (χ3n) is 4.79. The number of rotatable bonds is 7. The number of benzene rings is 1. The van der Waals surface area contributed by atoms with Crippen LogP contribution in [-0.4, -0.2) is 22.7 Å². The van der Waals surface area contributed by atoms with Crippen molar-refractivity contribution >= 4 is 11.3 Å². The molecule has 0 saturated carbocycles. The Labute approximate surface area is 149 Å². The molecule has 0 aliphatic heterocycles. The second kappa shape index (κ2) is 8.24. The SMILES string of the molecule is CC(O)CC(CNCc1nc2c(s1)CC(C)CC2)c1ccccc1. The molecule has 0 amide bonds. The number of nitrogens with zero attached hydrogens (tertiary/aromatic N) is 1. The van der Waals surface area contributed by atoms with Gasteiger partial charge in [-0.1, -0.05) is 37.3 Å². The summed E-state index contributed by atoms with van der Waals surface area (Å²) in [5.41, 5.74) is 2.62. The highest BCUT2D eigenvalue weighted by molar-refractivity contribution is 7.11. The summed E-state index contributed by atoms with van der Waals surface area (Å²) in [6.45, 7) is 5.90. The minimum Gasteiger partial charge on any atom is -0.393 e. The van der Waals surface area contributed by atoms with E-state index in [9.17, 15) is 5.11 Å². The van der Waals surface area contributed by atoms with Crippen molar-refractivity contribution < 1.29 is 5.11 Å². The molecule has 1 aliphatic rings. The highest BCUT2D eigenvalue weighted by atomic mass is 32.1. The summed E-state index contributed by atoms with van der Waals surface area (Å²) in [6, 6.07) is 10.5. The van der Waals surface area contributed by atoms with Crippen LogP contribution in [0, 0.1) is 5.92 Å². The fraction of sp³-hybridized carbons (Fsp3) is 0.550. The van der Waals surface area contributed by atoms with Crippen molar-refractivity contribution in [3.63, 3.8) is 0 Å². The lowest BCUT2D eigenvalue weighted by molar-refractivity contribution is 0.173. The molecule has 24 heavy (non-hydrogen) atoms. The molecule has 1 aromatic carbocycles. The van der Waals surface area contributed by atoms with Crippen molar-refractivity contribution in [1.82, 2.24) is 10.3 Å². The number of aliphatic hydroxyl groups is 1. The molecule has 0 saturated heterocycles. The number of aryl methyl sites for hydroxylation is 1. The van der Waals surface area contributed by atoms with Crippen LogP contribution < -0.4 is 5.32 Å². The van der Waals surface area contributed by atoms with Crippen LogP contribution in [0.15, 0.2) is 30.3 Å². The molecular formula is C20H28N2OS. The lowest BCUT2D eigenvalue weighted by atomic mass is 9.93. The van der Waals surface area contributed by atoms with Gasteiger partial charge in [0.2, 0.25) is 0 Å². The van der Waals surface area contributed by atoms with Crippen LogP contribution in [0.5, 0.6) is 0 Å². The molecule has 3 rings (SSSR count). The molecule has 1 aliphatic carbocycles. The maximum absolute atomic E-state index is 9.80. The molecule has 2 N–H and O–H groups in total. The number of fused-ring (bicyclic) bond motifs is 1. The molecule has 4 heteroatoms. The van der Waals surface area contributed by atoms with Crippen LogP contribution in [0.4, 0.5) is 0 Å². The summed E-state index contributed by atoms with van der Waals surface area (Å²) in [5.74, 6) is 1.13. The van der Waals surface area contributed by atoms with Crippen molar-refractivity contribution in [3.05, 3.63) is 51.5 Å². The zero-order chi connectivity index (χ0) is 16.9. The highest BCUT2D eigenvalue weighted by Gasteiger charge is 2.20. The fourth-order valence-corrected chi connectivity index (χ4v) is 4.74. The van der Waals surface area contributed by atoms with Gasteiger partial charge in [-0.15, -0.1) is 11.3 Å². The predicted octanol–water partition coefficient (Wildman–Crippen LogP) is 3.91. The van der Waals surface area contributed by atoms with E-state index in [1.165, 1.54) is 34.0 Å². The van der Waals surface area contributed by atoms with Gasteiger partial charge >= 0.3 is 0 Å². The van der Waals surface area contributed by atoms with E-state index in [4.69, 9.17) is 4.98 Å².